The molecule has 1 amide bonds. The van der Waals surface area contributed by atoms with Crippen molar-refractivity contribution in [2.75, 3.05) is 26.9 Å². The normalized spacial score (nSPS) is 12.4. The van der Waals surface area contributed by atoms with E-state index in [0.29, 0.717) is 29.7 Å². The highest BCUT2D eigenvalue weighted by Crippen LogP contribution is 2.29. The van der Waals surface area contributed by atoms with Crippen molar-refractivity contribution in [1.29, 1.82) is 0 Å². The lowest BCUT2D eigenvalue weighted by Gasteiger charge is -2.18. The Labute approximate surface area is 214 Å². The minimum absolute atomic E-state index is 0.00331. The number of amides is 1. The maximum absolute atomic E-state index is 11.2. The van der Waals surface area contributed by atoms with Crippen molar-refractivity contribution >= 4 is 17.5 Å². The van der Waals surface area contributed by atoms with Crippen LogP contribution in [0.15, 0.2) is 35.8 Å². The molecular formula is C28H39N3O5. The third-order valence-electron chi connectivity index (χ3n) is 5.46. The van der Waals surface area contributed by atoms with Crippen molar-refractivity contribution < 1.29 is 24.5 Å². The average Bonchev–Trinajstić information content (AvgIpc) is 2.83. The van der Waals surface area contributed by atoms with Gasteiger partial charge < -0.3 is 25.0 Å². The third kappa shape index (κ3) is 8.46. The van der Waals surface area contributed by atoms with E-state index in [1.807, 2.05) is 45.0 Å². The highest BCUT2D eigenvalue weighted by Gasteiger charge is 2.15. The van der Waals surface area contributed by atoms with Gasteiger partial charge in [0.1, 0.15) is 25.1 Å². The molecule has 1 unspecified atom stereocenters. The lowest BCUT2D eigenvalue weighted by molar-refractivity contribution is -0.124. The van der Waals surface area contributed by atoms with E-state index in [-0.39, 0.29) is 13.2 Å². The Bertz CT molecular complexity index is 1090. The summed E-state index contributed by atoms with van der Waals surface area (Å²) in [7, 11) is 1.60. The molecule has 0 bridgehead atoms. The molecule has 0 aliphatic carbocycles. The first kappa shape index (κ1) is 29.0. The molecule has 0 aliphatic rings. The van der Waals surface area contributed by atoms with Gasteiger partial charge in [0.25, 0.3) is 0 Å². The molecule has 36 heavy (non-hydrogen) atoms. The van der Waals surface area contributed by atoms with E-state index >= 15 is 0 Å². The molecule has 8 nitrogen and oxygen atoms in total. The topological polar surface area (TPSA) is 113 Å². The summed E-state index contributed by atoms with van der Waals surface area (Å²) in [5.74, 6) is 1.10. The molecule has 0 saturated heterocycles. The molecule has 1 atom stereocenters. The first-order valence-electron chi connectivity index (χ1n) is 12.2. The fourth-order valence-electron chi connectivity index (χ4n) is 3.81. The summed E-state index contributed by atoms with van der Waals surface area (Å²) in [5, 5.41) is 21.3. The maximum Gasteiger partial charge on any atom is 0.245 e. The number of rotatable bonds is 12. The summed E-state index contributed by atoms with van der Waals surface area (Å²) in [6.07, 6.45) is 0.672. The summed E-state index contributed by atoms with van der Waals surface area (Å²) < 4.78 is 11.5. The number of carbonyl (C=O) groups excluding carboxylic acids is 1. The number of hydrogen-bond donors (Lipinski definition) is 3. The van der Waals surface area contributed by atoms with Gasteiger partial charge in [0, 0.05) is 29.1 Å². The quantitative estimate of drug-likeness (QED) is 0.306. The Hall–Kier alpha value is -3.23. The molecule has 2 rings (SSSR count). The van der Waals surface area contributed by atoms with E-state index < -0.39 is 18.6 Å². The number of aliphatic imine (C=N–C) groups is 1. The van der Waals surface area contributed by atoms with Crippen molar-refractivity contribution in [3.05, 3.63) is 64.5 Å². The molecule has 196 valence electrons. The number of pyridine rings is 1. The molecular weight excluding hydrogens is 458 g/mol. The van der Waals surface area contributed by atoms with Gasteiger partial charge in [-0.2, -0.15) is 0 Å². The van der Waals surface area contributed by atoms with Gasteiger partial charge in [-0.3, -0.25) is 9.78 Å². The van der Waals surface area contributed by atoms with Crippen LogP contribution in [0.2, 0.25) is 0 Å². The van der Waals surface area contributed by atoms with Crippen LogP contribution >= 0.6 is 0 Å². The average molecular weight is 498 g/mol. The third-order valence-corrected chi connectivity index (χ3v) is 5.46. The van der Waals surface area contributed by atoms with Gasteiger partial charge in [0.05, 0.1) is 12.8 Å². The van der Waals surface area contributed by atoms with Crippen LogP contribution in [0.5, 0.6) is 5.75 Å². The Morgan fingerprint density at radius 3 is 2.53 bits per heavy atom. The van der Waals surface area contributed by atoms with Crippen LogP contribution < -0.4 is 10.1 Å². The number of methoxy groups -OCH3 is 1. The zero-order valence-corrected chi connectivity index (χ0v) is 22.2. The SMILES string of the molecule is C=C(N=C(OC)c1cc(C)nc(CC(C)C)c1)c1cc(C)c(OCC(O)CNC(=O)CO)c(CC)c1. The smallest absolute Gasteiger partial charge is 0.245 e. The second-order valence-electron chi connectivity index (χ2n) is 9.22. The van der Waals surface area contributed by atoms with Crippen LogP contribution in [0.3, 0.4) is 0 Å². The van der Waals surface area contributed by atoms with Crippen LogP contribution in [0.1, 0.15) is 54.4 Å². The summed E-state index contributed by atoms with van der Waals surface area (Å²) in [5.41, 5.74) is 5.99. The van der Waals surface area contributed by atoms with E-state index in [0.717, 1.165) is 40.1 Å². The van der Waals surface area contributed by atoms with Gasteiger partial charge in [-0.15, -0.1) is 0 Å². The Kier molecular flexibility index (Phi) is 11.1. The molecule has 0 fully saturated rings. The van der Waals surface area contributed by atoms with E-state index in [1.165, 1.54) is 0 Å². The van der Waals surface area contributed by atoms with E-state index in [9.17, 15) is 9.90 Å². The molecule has 0 spiro atoms. The van der Waals surface area contributed by atoms with Gasteiger partial charge in [0.15, 0.2) is 0 Å². The first-order chi connectivity index (χ1) is 17.1. The zero-order valence-electron chi connectivity index (χ0n) is 22.2. The number of nitrogens with zero attached hydrogens (tertiary/aromatic N) is 2. The van der Waals surface area contributed by atoms with Crippen molar-refractivity contribution in [2.45, 2.75) is 53.6 Å². The predicted octanol–water partition coefficient (Wildman–Crippen LogP) is 3.37. The molecule has 0 aliphatic heterocycles. The Balaban J connectivity index is 2.25. The number of benzene rings is 1. The Morgan fingerprint density at radius 2 is 1.92 bits per heavy atom. The minimum Gasteiger partial charge on any atom is -0.490 e. The standard InChI is InChI=1S/C28H39N3O5/c1-8-21-12-22(10-18(4)27(21)36-16-25(33)14-29-26(34)15-32)20(6)31-28(35-7)23-11-19(5)30-24(13-23)9-17(2)3/h10-13,17,25,32-33H,6,8-9,14-16H2,1-5,7H3,(H,29,34). The lowest BCUT2D eigenvalue weighted by atomic mass is 10.0. The maximum atomic E-state index is 11.2. The number of nitrogens with one attached hydrogen (secondary N) is 1. The number of aromatic nitrogens is 1. The van der Waals surface area contributed by atoms with Crippen LogP contribution in [-0.2, 0) is 22.4 Å². The van der Waals surface area contributed by atoms with Crippen LogP contribution in [0.4, 0.5) is 0 Å². The summed E-state index contributed by atoms with van der Waals surface area (Å²) in [6, 6.07) is 7.88. The number of aliphatic hydroxyl groups is 2. The predicted molar refractivity (Wildman–Crippen MR) is 142 cm³/mol. The molecule has 0 saturated carbocycles. The van der Waals surface area contributed by atoms with E-state index in [1.54, 1.807) is 7.11 Å². The molecule has 3 N–H and O–H groups in total. The lowest BCUT2D eigenvalue weighted by Crippen LogP contribution is -2.36. The highest BCUT2D eigenvalue weighted by atomic mass is 16.5. The number of aliphatic hydroxyl groups excluding tert-OH is 2. The molecule has 1 aromatic heterocycles. The van der Waals surface area contributed by atoms with Crippen molar-refractivity contribution in [3.63, 3.8) is 0 Å². The van der Waals surface area contributed by atoms with Crippen molar-refractivity contribution in [3.8, 4) is 5.75 Å². The van der Waals surface area contributed by atoms with Gasteiger partial charge in [-0.25, -0.2) is 4.99 Å². The van der Waals surface area contributed by atoms with Crippen molar-refractivity contribution in [2.24, 2.45) is 10.9 Å². The van der Waals surface area contributed by atoms with E-state index in [4.69, 9.17) is 19.6 Å². The number of hydrogen-bond acceptors (Lipinski definition) is 7. The zero-order chi connectivity index (χ0) is 26.8. The fourth-order valence-corrected chi connectivity index (χ4v) is 3.81. The van der Waals surface area contributed by atoms with Crippen LogP contribution in [0.25, 0.3) is 5.70 Å². The molecule has 2 aromatic rings. The van der Waals surface area contributed by atoms with Crippen LogP contribution in [0, 0.1) is 19.8 Å². The summed E-state index contributed by atoms with van der Waals surface area (Å²) in [6.45, 7) is 13.8. The van der Waals surface area contributed by atoms with Gasteiger partial charge in [-0.1, -0.05) is 27.4 Å². The number of aryl methyl sites for hydroxylation is 3. The number of carbonyl (C=O) groups is 1. The second-order valence-corrected chi connectivity index (χ2v) is 9.22. The highest BCUT2D eigenvalue weighted by molar-refractivity contribution is 5.97. The summed E-state index contributed by atoms with van der Waals surface area (Å²) in [4.78, 5) is 20.5. The van der Waals surface area contributed by atoms with Gasteiger partial charge in [0.2, 0.25) is 11.8 Å². The molecule has 8 heteroatoms. The molecule has 1 heterocycles. The number of ether oxygens (including phenoxy) is 2. The fraction of sp³-hybridized carbons (Fsp3) is 0.464. The van der Waals surface area contributed by atoms with Gasteiger partial charge >= 0.3 is 0 Å². The first-order valence-corrected chi connectivity index (χ1v) is 12.2. The Morgan fingerprint density at radius 1 is 1.19 bits per heavy atom. The van der Waals surface area contributed by atoms with Crippen molar-refractivity contribution in [1.82, 2.24) is 10.3 Å². The van der Waals surface area contributed by atoms with Crippen LogP contribution in [-0.4, -0.2) is 60.0 Å². The summed E-state index contributed by atoms with van der Waals surface area (Å²) >= 11 is 0. The van der Waals surface area contributed by atoms with Gasteiger partial charge in [-0.05, 0) is 68.0 Å². The molecule has 1 aromatic carbocycles. The second kappa shape index (κ2) is 13.8. The minimum atomic E-state index is -0.905. The van der Waals surface area contributed by atoms with E-state index in [2.05, 4.69) is 30.7 Å². The molecule has 0 radical (unpaired) electrons. The largest absolute Gasteiger partial charge is 0.490 e. The monoisotopic (exact) mass is 497 g/mol.